The summed E-state index contributed by atoms with van der Waals surface area (Å²) < 4.78 is 0. The van der Waals surface area contributed by atoms with Gasteiger partial charge in [0.2, 0.25) is 5.91 Å². The van der Waals surface area contributed by atoms with E-state index in [-0.39, 0.29) is 35.5 Å². The molecule has 3 heteroatoms. The number of hydrogen-bond donors (Lipinski definition) is 1. The van der Waals surface area contributed by atoms with Gasteiger partial charge in [-0.3, -0.25) is 4.79 Å². The van der Waals surface area contributed by atoms with Crippen LogP contribution in [0.15, 0.2) is 0 Å². The van der Waals surface area contributed by atoms with Gasteiger partial charge in [0.15, 0.2) is 0 Å². The number of rotatable bonds is 0. The molecule has 1 saturated heterocycles. The molecule has 1 radical (unpaired) electrons. The molecule has 1 aliphatic rings. The van der Waals surface area contributed by atoms with E-state index >= 15 is 0 Å². The van der Waals surface area contributed by atoms with Crippen LogP contribution in [0.5, 0.6) is 0 Å². The summed E-state index contributed by atoms with van der Waals surface area (Å²) in [6.07, 6.45) is 5.48. The molecule has 0 aromatic rings. The summed E-state index contributed by atoms with van der Waals surface area (Å²) >= 11 is 0. The number of nitrogens with one attached hydrogen (secondary N) is 1. The quantitative estimate of drug-likeness (QED) is 0.506. The molecule has 1 aliphatic heterocycles. The molecule has 0 aliphatic carbocycles. The number of carbonyl (C=O) groups is 1. The summed E-state index contributed by atoms with van der Waals surface area (Å²) in [7, 11) is 0. The second kappa shape index (κ2) is 6.20. The van der Waals surface area contributed by atoms with E-state index in [1.165, 1.54) is 12.8 Å². The van der Waals surface area contributed by atoms with Gasteiger partial charge in [0.25, 0.3) is 0 Å². The van der Waals surface area contributed by atoms with Gasteiger partial charge >= 0.3 is 0 Å². The monoisotopic (exact) mass is 150 g/mol. The van der Waals surface area contributed by atoms with Crippen LogP contribution in [0.4, 0.5) is 0 Å². The van der Waals surface area contributed by atoms with Crippen molar-refractivity contribution in [1.82, 2.24) is 5.32 Å². The van der Waals surface area contributed by atoms with E-state index in [0.717, 1.165) is 25.8 Å². The molecular formula is C7H13NNaO. The largest absolute Gasteiger partial charge is 0.356 e. The van der Waals surface area contributed by atoms with Crippen molar-refractivity contribution in [3.05, 3.63) is 0 Å². The van der Waals surface area contributed by atoms with Gasteiger partial charge in [-0.25, -0.2) is 0 Å². The van der Waals surface area contributed by atoms with Gasteiger partial charge in [-0.15, -0.1) is 0 Å². The maximum atomic E-state index is 10.7. The Morgan fingerprint density at radius 1 is 1.10 bits per heavy atom. The fourth-order valence-corrected chi connectivity index (χ4v) is 1.08. The van der Waals surface area contributed by atoms with Crippen LogP contribution in [-0.4, -0.2) is 42.0 Å². The summed E-state index contributed by atoms with van der Waals surface area (Å²) in [6.45, 7) is 0.888. The summed E-state index contributed by atoms with van der Waals surface area (Å²) in [5.41, 5.74) is 0. The molecule has 53 valence electrons. The molecule has 0 aromatic carbocycles. The Morgan fingerprint density at radius 2 is 1.80 bits per heavy atom. The molecule has 0 aromatic heterocycles. The maximum absolute atomic E-state index is 10.7. The van der Waals surface area contributed by atoms with Crippen molar-refractivity contribution in [2.24, 2.45) is 0 Å². The van der Waals surface area contributed by atoms with E-state index in [2.05, 4.69) is 5.32 Å². The molecule has 10 heavy (non-hydrogen) atoms. The average Bonchev–Trinajstić information content (AvgIpc) is 1.79. The van der Waals surface area contributed by atoms with E-state index in [0.29, 0.717) is 0 Å². The van der Waals surface area contributed by atoms with E-state index in [9.17, 15) is 4.79 Å². The fourth-order valence-electron chi connectivity index (χ4n) is 1.08. The van der Waals surface area contributed by atoms with Gasteiger partial charge in [0, 0.05) is 42.5 Å². The minimum atomic E-state index is 0. The van der Waals surface area contributed by atoms with Crippen molar-refractivity contribution in [2.45, 2.75) is 32.1 Å². The maximum Gasteiger partial charge on any atom is 0.219 e. The minimum Gasteiger partial charge on any atom is -0.356 e. The van der Waals surface area contributed by atoms with Crippen LogP contribution < -0.4 is 5.32 Å². The second-order valence-electron chi connectivity index (χ2n) is 2.51. The Labute approximate surface area is 84.0 Å². The predicted molar refractivity (Wildman–Crippen MR) is 41.8 cm³/mol. The predicted octanol–water partition coefficient (Wildman–Crippen LogP) is 0.686. The van der Waals surface area contributed by atoms with Crippen molar-refractivity contribution in [1.29, 1.82) is 0 Å². The van der Waals surface area contributed by atoms with E-state index in [4.69, 9.17) is 0 Å². The second-order valence-corrected chi connectivity index (χ2v) is 2.51. The van der Waals surface area contributed by atoms with Gasteiger partial charge in [-0.1, -0.05) is 12.8 Å². The van der Waals surface area contributed by atoms with Gasteiger partial charge in [-0.2, -0.15) is 0 Å². The van der Waals surface area contributed by atoms with Gasteiger partial charge < -0.3 is 5.32 Å². The van der Waals surface area contributed by atoms with E-state index < -0.39 is 0 Å². The topological polar surface area (TPSA) is 29.1 Å². The zero-order chi connectivity index (χ0) is 6.53. The average molecular weight is 150 g/mol. The number of hydrogen-bond acceptors (Lipinski definition) is 1. The molecule has 0 unspecified atom stereocenters. The van der Waals surface area contributed by atoms with Gasteiger partial charge in [0.1, 0.15) is 0 Å². The Morgan fingerprint density at radius 3 is 2.60 bits per heavy atom. The molecule has 1 fully saturated rings. The molecule has 1 rings (SSSR count). The molecule has 0 atom stereocenters. The Bertz CT molecular complexity index is 95.8. The SMILES string of the molecule is O=C1CCCCCCN1.[Na]. The fraction of sp³-hybridized carbons (Fsp3) is 0.857. The first kappa shape index (κ1) is 10.5. The minimum absolute atomic E-state index is 0. The van der Waals surface area contributed by atoms with E-state index in [1.807, 2.05) is 0 Å². The summed E-state index contributed by atoms with van der Waals surface area (Å²) in [5.74, 6) is 0.231. The van der Waals surface area contributed by atoms with Crippen LogP contribution in [0.1, 0.15) is 32.1 Å². The molecule has 1 heterocycles. The normalized spacial score (nSPS) is 19.8. The Kier molecular flexibility index (Phi) is 6.49. The smallest absolute Gasteiger partial charge is 0.219 e. The third-order valence-corrected chi connectivity index (χ3v) is 1.65. The van der Waals surface area contributed by atoms with Crippen LogP contribution >= 0.6 is 0 Å². The third-order valence-electron chi connectivity index (χ3n) is 1.65. The van der Waals surface area contributed by atoms with E-state index in [1.54, 1.807) is 0 Å². The zero-order valence-electron chi connectivity index (χ0n) is 6.65. The van der Waals surface area contributed by atoms with Gasteiger partial charge in [-0.05, 0) is 12.8 Å². The molecule has 0 bridgehead atoms. The first-order valence-electron chi connectivity index (χ1n) is 3.66. The standard InChI is InChI=1S/C7H13NO.Na/c9-7-5-3-1-2-4-6-8-7;/h1-6H2,(H,8,9);. The van der Waals surface area contributed by atoms with Crippen LogP contribution in [0.25, 0.3) is 0 Å². The van der Waals surface area contributed by atoms with Crippen LogP contribution in [-0.2, 0) is 4.79 Å². The van der Waals surface area contributed by atoms with Crippen molar-refractivity contribution < 1.29 is 4.79 Å². The first-order valence-corrected chi connectivity index (χ1v) is 3.66. The first-order chi connectivity index (χ1) is 4.39. The van der Waals surface area contributed by atoms with Crippen molar-refractivity contribution >= 4 is 35.5 Å². The molecule has 0 spiro atoms. The summed E-state index contributed by atoms with van der Waals surface area (Å²) in [6, 6.07) is 0. The zero-order valence-corrected chi connectivity index (χ0v) is 8.65. The summed E-state index contributed by atoms with van der Waals surface area (Å²) in [5, 5.41) is 2.85. The van der Waals surface area contributed by atoms with Crippen molar-refractivity contribution in [3.8, 4) is 0 Å². The van der Waals surface area contributed by atoms with Crippen LogP contribution in [0, 0.1) is 0 Å². The molecule has 1 N–H and O–H groups in total. The Hall–Kier alpha value is 0.470. The molecular weight excluding hydrogens is 137 g/mol. The van der Waals surface area contributed by atoms with Gasteiger partial charge in [0.05, 0.1) is 0 Å². The number of amides is 1. The molecule has 1 amide bonds. The van der Waals surface area contributed by atoms with Crippen molar-refractivity contribution in [3.63, 3.8) is 0 Å². The molecule has 2 nitrogen and oxygen atoms in total. The van der Waals surface area contributed by atoms with Crippen molar-refractivity contribution in [2.75, 3.05) is 6.54 Å². The molecule has 0 saturated carbocycles. The third kappa shape index (κ3) is 4.31. The number of carbonyl (C=O) groups excluding carboxylic acids is 1. The van der Waals surface area contributed by atoms with Crippen LogP contribution in [0.3, 0.4) is 0 Å². The summed E-state index contributed by atoms with van der Waals surface area (Å²) in [4.78, 5) is 10.7. The van der Waals surface area contributed by atoms with Crippen LogP contribution in [0.2, 0.25) is 0 Å². The Balaban J connectivity index is 0.000000810.